The van der Waals surface area contributed by atoms with Crippen LogP contribution in [0.1, 0.15) is 18.1 Å². The molecule has 172 valence electrons. The van der Waals surface area contributed by atoms with Crippen molar-refractivity contribution in [1.82, 2.24) is 10.2 Å². The molecule has 7 heteroatoms. The number of carbonyl (C=O) groups excluding carboxylic acids is 2. The lowest BCUT2D eigenvalue weighted by Gasteiger charge is -2.31. The Morgan fingerprint density at radius 2 is 1.58 bits per heavy atom. The number of likely N-dealkylation sites (N-methyl/N-ethyl adjacent to an activating group) is 1. The summed E-state index contributed by atoms with van der Waals surface area (Å²) < 4.78 is 5.70. The van der Waals surface area contributed by atoms with Crippen LogP contribution in [0.25, 0.3) is 0 Å². The quantitative estimate of drug-likeness (QED) is 0.432. The zero-order valence-electron chi connectivity index (χ0n) is 18.3. The fourth-order valence-corrected chi connectivity index (χ4v) is 3.90. The largest absolute Gasteiger partial charge is 0.482 e. The Balaban J connectivity index is 1.87. The molecule has 5 nitrogen and oxygen atoms in total. The van der Waals surface area contributed by atoms with Crippen LogP contribution in [0.3, 0.4) is 0 Å². The summed E-state index contributed by atoms with van der Waals surface area (Å²) >= 11 is 12.1. The number of amides is 2. The van der Waals surface area contributed by atoms with E-state index < -0.39 is 6.04 Å². The van der Waals surface area contributed by atoms with E-state index in [4.69, 9.17) is 27.9 Å². The van der Waals surface area contributed by atoms with Crippen molar-refractivity contribution >= 4 is 35.0 Å². The first-order valence-electron chi connectivity index (χ1n) is 10.7. The maximum atomic E-state index is 13.4. The molecule has 3 aromatic carbocycles. The Kier molecular flexibility index (Phi) is 9.16. The predicted molar refractivity (Wildman–Crippen MR) is 132 cm³/mol. The van der Waals surface area contributed by atoms with Crippen LogP contribution in [0.4, 0.5) is 0 Å². The molecule has 3 aromatic rings. The van der Waals surface area contributed by atoms with Crippen LogP contribution in [0, 0.1) is 0 Å². The number of hydrogen-bond acceptors (Lipinski definition) is 3. The first-order valence-corrected chi connectivity index (χ1v) is 11.5. The molecule has 33 heavy (non-hydrogen) atoms. The minimum Gasteiger partial charge on any atom is -0.482 e. The maximum absolute atomic E-state index is 13.4. The molecule has 0 aliphatic carbocycles. The lowest BCUT2D eigenvalue weighted by atomic mass is 10.0. The van der Waals surface area contributed by atoms with Crippen LogP contribution < -0.4 is 10.1 Å². The van der Waals surface area contributed by atoms with Gasteiger partial charge in [0.05, 0.1) is 5.02 Å². The summed E-state index contributed by atoms with van der Waals surface area (Å²) in [6.45, 7) is 2.33. The maximum Gasteiger partial charge on any atom is 0.261 e. The van der Waals surface area contributed by atoms with E-state index in [2.05, 4.69) is 5.32 Å². The molecule has 0 aliphatic heterocycles. The van der Waals surface area contributed by atoms with Gasteiger partial charge in [-0.05, 0) is 36.2 Å². The van der Waals surface area contributed by atoms with Crippen molar-refractivity contribution in [3.63, 3.8) is 0 Å². The van der Waals surface area contributed by atoms with Crippen LogP contribution in [0.15, 0.2) is 78.9 Å². The zero-order chi connectivity index (χ0) is 23.6. The number of hydrogen-bond donors (Lipinski definition) is 1. The third-order valence-corrected chi connectivity index (χ3v) is 5.59. The Morgan fingerprint density at radius 3 is 2.18 bits per heavy atom. The number of halogens is 2. The normalized spacial score (nSPS) is 11.5. The van der Waals surface area contributed by atoms with E-state index >= 15 is 0 Å². The summed E-state index contributed by atoms with van der Waals surface area (Å²) in [7, 11) is 0. The van der Waals surface area contributed by atoms with Gasteiger partial charge in [-0.25, -0.2) is 0 Å². The number of benzene rings is 3. The SMILES string of the molecule is CCNC(=O)[C@@H](Cc1ccccc1)N(Cc1ccccc1)C(=O)COc1ccc(Cl)cc1Cl. The van der Waals surface area contributed by atoms with Gasteiger partial charge in [-0.1, -0.05) is 83.9 Å². The smallest absolute Gasteiger partial charge is 0.261 e. The van der Waals surface area contributed by atoms with Gasteiger partial charge in [0.25, 0.3) is 5.91 Å². The van der Waals surface area contributed by atoms with E-state index in [9.17, 15) is 9.59 Å². The van der Waals surface area contributed by atoms with Crippen LogP contribution in [0.2, 0.25) is 10.0 Å². The monoisotopic (exact) mass is 484 g/mol. The highest BCUT2D eigenvalue weighted by atomic mass is 35.5. The lowest BCUT2D eigenvalue weighted by molar-refractivity contribution is -0.142. The Morgan fingerprint density at radius 1 is 0.939 bits per heavy atom. The van der Waals surface area contributed by atoms with Gasteiger partial charge in [0.2, 0.25) is 5.91 Å². The van der Waals surface area contributed by atoms with E-state index in [0.29, 0.717) is 28.8 Å². The number of carbonyl (C=O) groups is 2. The van der Waals surface area contributed by atoms with Crippen molar-refractivity contribution in [1.29, 1.82) is 0 Å². The van der Waals surface area contributed by atoms with Crippen molar-refractivity contribution in [2.75, 3.05) is 13.2 Å². The second kappa shape index (κ2) is 12.3. The minimum atomic E-state index is -0.704. The summed E-state index contributed by atoms with van der Waals surface area (Å²) in [5, 5.41) is 3.66. The second-order valence-corrected chi connectivity index (χ2v) is 8.31. The van der Waals surface area contributed by atoms with Gasteiger partial charge in [0, 0.05) is 24.5 Å². The van der Waals surface area contributed by atoms with E-state index in [-0.39, 0.29) is 25.0 Å². The Hall–Kier alpha value is -3.02. The molecular formula is C26H26Cl2N2O3. The first kappa shape index (κ1) is 24.6. The molecule has 0 fully saturated rings. The van der Waals surface area contributed by atoms with E-state index in [1.54, 1.807) is 23.1 Å². The molecule has 0 spiro atoms. The fraction of sp³-hybridized carbons (Fsp3) is 0.231. The van der Waals surface area contributed by atoms with Crippen LogP contribution in [-0.4, -0.2) is 35.9 Å². The highest BCUT2D eigenvalue weighted by molar-refractivity contribution is 6.35. The Labute approximate surface area is 204 Å². The molecule has 0 radical (unpaired) electrons. The standard InChI is InChI=1S/C26H26Cl2N2O3/c1-2-29-26(32)23(15-19-9-5-3-6-10-19)30(17-20-11-7-4-8-12-20)25(31)18-33-24-14-13-21(27)16-22(24)28/h3-14,16,23H,2,15,17-18H2,1H3,(H,29,32)/t23-/m1/s1. The first-order chi connectivity index (χ1) is 16.0. The number of nitrogens with one attached hydrogen (secondary N) is 1. The van der Waals surface area contributed by atoms with Gasteiger partial charge >= 0.3 is 0 Å². The van der Waals surface area contributed by atoms with Crippen LogP contribution in [0.5, 0.6) is 5.75 Å². The molecule has 0 aromatic heterocycles. The zero-order valence-corrected chi connectivity index (χ0v) is 19.9. The van der Waals surface area contributed by atoms with Crippen molar-refractivity contribution < 1.29 is 14.3 Å². The topological polar surface area (TPSA) is 58.6 Å². The van der Waals surface area contributed by atoms with Gasteiger partial charge in [-0.3, -0.25) is 9.59 Å². The van der Waals surface area contributed by atoms with Gasteiger partial charge in [0.15, 0.2) is 6.61 Å². The van der Waals surface area contributed by atoms with Gasteiger partial charge in [0.1, 0.15) is 11.8 Å². The number of ether oxygens (including phenoxy) is 1. The molecule has 0 aliphatic rings. The van der Waals surface area contributed by atoms with Crippen molar-refractivity contribution in [3.05, 3.63) is 100 Å². The highest BCUT2D eigenvalue weighted by Gasteiger charge is 2.30. The molecule has 0 saturated heterocycles. The number of rotatable bonds is 10. The molecule has 1 N–H and O–H groups in total. The Bertz CT molecular complexity index is 1060. The fourth-order valence-electron chi connectivity index (χ4n) is 3.44. The summed E-state index contributed by atoms with van der Waals surface area (Å²) in [5.74, 6) is -0.182. The number of nitrogens with zero attached hydrogens (tertiary/aromatic N) is 1. The molecule has 0 saturated carbocycles. The molecular weight excluding hydrogens is 459 g/mol. The minimum absolute atomic E-state index is 0.213. The third-order valence-electron chi connectivity index (χ3n) is 5.06. The van der Waals surface area contributed by atoms with E-state index in [1.807, 2.05) is 67.6 Å². The summed E-state index contributed by atoms with van der Waals surface area (Å²) in [5.41, 5.74) is 1.87. The lowest BCUT2D eigenvalue weighted by Crippen LogP contribution is -2.51. The summed E-state index contributed by atoms with van der Waals surface area (Å²) in [6.07, 6.45) is 0.382. The highest BCUT2D eigenvalue weighted by Crippen LogP contribution is 2.27. The third kappa shape index (κ3) is 7.24. The van der Waals surface area contributed by atoms with Crippen molar-refractivity contribution in [3.8, 4) is 5.75 Å². The molecule has 2 amide bonds. The second-order valence-electron chi connectivity index (χ2n) is 7.47. The van der Waals surface area contributed by atoms with Gasteiger partial charge < -0.3 is 15.0 Å². The van der Waals surface area contributed by atoms with Gasteiger partial charge in [-0.15, -0.1) is 0 Å². The van der Waals surface area contributed by atoms with E-state index in [1.165, 1.54) is 0 Å². The van der Waals surface area contributed by atoms with Crippen LogP contribution in [-0.2, 0) is 22.6 Å². The summed E-state index contributed by atoms with van der Waals surface area (Å²) in [4.78, 5) is 28.0. The van der Waals surface area contributed by atoms with Crippen molar-refractivity contribution in [2.24, 2.45) is 0 Å². The molecule has 0 heterocycles. The molecule has 3 rings (SSSR count). The average molecular weight is 485 g/mol. The van der Waals surface area contributed by atoms with E-state index in [0.717, 1.165) is 11.1 Å². The van der Waals surface area contributed by atoms with Crippen LogP contribution >= 0.6 is 23.2 Å². The summed E-state index contributed by atoms with van der Waals surface area (Å²) in [6, 6.07) is 23.3. The molecule has 1 atom stereocenters. The predicted octanol–water partition coefficient (Wildman–Crippen LogP) is 5.15. The van der Waals surface area contributed by atoms with Gasteiger partial charge in [-0.2, -0.15) is 0 Å². The average Bonchev–Trinajstić information content (AvgIpc) is 2.82. The molecule has 0 unspecified atom stereocenters. The van der Waals surface area contributed by atoms with Crippen molar-refractivity contribution in [2.45, 2.75) is 25.9 Å². The molecule has 0 bridgehead atoms.